The normalized spacial score (nSPS) is 10.6. The maximum absolute atomic E-state index is 10.2. The third kappa shape index (κ3) is 20.8. The van der Waals surface area contributed by atoms with E-state index in [0.717, 1.165) is 25.8 Å². The molecule has 0 spiro atoms. The van der Waals surface area contributed by atoms with Gasteiger partial charge in [-0.1, -0.05) is 34.6 Å². The van der Waals surface area contributed by atoms with Gasteiger partial charge in [-0.05, 0) is 32.9 Å². The first-order chi connectivity index (χ1) is 8.70. The van der Waals surface area contributed by atoms with E-state index in [1.54, 1.807) is 0 Å². The highest BCUT2D eigenvalue weighted by Gasteiger charge is 2.01. The van der Waals surface area contributed by atoms with E-state index in [9.17, 15) is 4.79 Å². The Hall–Kier alpha value is -0.610. The quantitative estimate of drug-likeness (QED) is 0.559. The van der Waals surface area contributed by atoms with Crippen LogP contribution in [0.5, 0.6) is 0 Å². The molecule has 0 rings (SSSR count). The Kier molecular flexibility index (Phi) is 27.1. The van der Waals surface area contributed by atoms with Gasteiger partial charge in [0.25, 0.3) is 0 Å². The van der Waals surface area contributed by atoms with Crippen molar-refractivity contribution in [1.82, 2.24) is 10.6 Å². The Labute approximate surface area is 114 Å². The van der Waals surface area contributed by atoms with Gasteiger partial charge in [-0.15, -0.1) is 0 Å². The summed E-state index contributed by atoms with van der Waals surface area (Å²) >= 11 is 0. The van der Waals surface area contributed by atoms with E-state index in [2.05, 4.69) is 17.6 Å². The highest BCUT2D eigenvalue weighted by atomic mass is 16.4. The molecule has 0 amide bonds. The van der Waals surface area contributed by atoms with Gasteiger partial charge in [-0.3, -0.25) is 4.79 Å². The number of nitrogens with one attached hydrogen (secondary N) is 2. The van der Waals surface area contributed by atoms with Crippen LogP contribution < -0.4 is 10.6 Å². The molecule has 0 fully saturated rings. The van der Waals surface area contributed by atoms with Gasteiger partial charge in [0.05, 0.1) is 6.42 Å². The summed E-state index contributed by atoms with van der Waals surface area (Å²) < 4.78 is 0. The molecule has 4 nitrogen and oxygen atoms in total. The van der Waals surface area contributed by atoms with Crippen LogP contribution in [0.2, 0.25) is 0 Å². The smallest absolute Gasteiger partial charge is 0.304 e. The van der Waals surface area contributed by atoms with Crippen molar-refractivity contribution in [2.45, 2.75) is 66.3 Å². The van der Waals surface area contributed by atoms with Crippen molar-refractivity contribution in [1.29, 1.82) is 0 Å². The van der Waals surface area contributed by atoms with Crippen LogP contribution in [0.15, 0.2) is 0 Å². The van der Waals surface area contributed by atoms with Crippen molar-refractivity contribution in [2.24, 2.45) is 0 Å². The van der Waals surface area contributed by atoms with Crippen LogP contribution in [-0.2, 0) is 4.79 Å². The van der Waals surface area contributed by atoms with Crippen LogP contribution in [0.1, 0.15) is 60.3 Å². The number of hydrogen-bond donors (Lipinski definition) is 3. The molecule has 0 saturated heterocycles. The predicted octanol–water partition coefficient (Wildman–Crippen LogP) is 2.88. The van der Waals surface area contributed by atoms with Crippen LogP contribution in [0.25, 0.3) is 0 Å². The molecule has 1 unspecified atom stereocenters. The van der Waals surface area contributed by atoms with Gasteiger partial charge in [0.2, 0.25) is 0 Å². The first-order valence-corrected chi connectivity index (χ1v) is 7.30. The standard InChI is InChI=1S/C10H22N2O2.2C2H6/c1-3-9(11-2)5-4-7-12-8-6-10(13)14;2*1-2/h9,11-12H,3-8H2,1-2H3,(H,13,14);2*1-2H3. The molecule has 3 N–H and O–H groups in total. The van der Waals surface area contributed by atoms with Gasteiger partial charge < -0.3 is 15.7 Å². The van der Waals surface area contributed by atoms with Crippen LogP contribution in [0.3, 0.4) is 0 Å². The van der Waals surface area contributed by atoms with Gasteiger partial charge >= 0.3 is 5.97 Å². The maximum Gasteiger partial charge on any atom is 0.304 e. The molecule has 1 atom stereocenters. The first-order valence-electron chi connectivity index (χ1n) is 7.30. The van der Waals surface area contributed by atoms with Crippen molar-refractivity contribution in [3.8, 4) is 0 Å². The topological polar surface area (TPSA) is 61.4 Å². The molecule has 0 heterocycles. The molecule has 0 radical (unpaired) electrons. The van der Waals surface area contributed by atoms with Gasteiger partial charge in [0.15, 0.2) is 0 Å². The molecule has 0 aliphatic heterocycles. The van der Waals surface area contributed by atoms with Crippen LogP contribution in [-0.4, -0.2) is 37.3 Å². The van der Waals surface area contributed by atoms with Crippen molar-refractivity contribution >= 4 is 5.97 Å². The summed E-state index contributed by atoms with van der Waals surface area (Å²) in [4.78, 5) is 10.2. The van der Waals surface area contributed by atoms with E-state index in [4.69, 9.17) is 5.11 Å². The molecule has 0 saturated carbocycles. The third-order valence-corrected chi connectivity index (χ3v) is 2.32. The summed E-state index contributed by atoms with van der Waals surface area (Å²) in [5, 5.41) is 14.7. The minimum atomic E-state index is -0.737. The molecule has 0 bridgehead atoms. The Morgan fingerprint density at radius 1 is 1.17 bits per heavy atom. The van der Waals surface area contributed by atoms with Crippen LogP contribution in [0.4, 0.5) is 0 Å². The van der Waals surface area contributed by atoms with E-state index in [0.29, 0.717) is 12.6 Å². The maximum atomic E-state index is 10.2. The molecular formula is C14H34N2O2. The largest absolute Gasteiger partial charge is 0.481 e. The Morgan fingerprint density at radius 2 is 1.72 bits per heavy atom. The summed E-state index contributed by atoms with van der Waals surface area (Å²) in [7, 11) is 1.98. The van der Waals surface area contributed by atoms with Crippen molar-refractivity contribution in [3.63, 3.8) is 0 Å². The Balaban J connectivity index is -0.000000506. The second kappa shape index (κ2) is 21.7. The second-order valence-electron chi connectivity index (χ2n) is 3.43. The zero-order chi connectivity index (χ0) is 14.8. The van der Waals surface area contributed by atoms with Gasteiger partial charge in [0, 0.05) is 12.6 Å². The second-order valence-corrected chi connectivity index (χ2v) is 3.43. The summed E-state index contributed by atoms with van der Waals surface area (Å²) in [5.41, 5.74) is 0. The summed E-state index contributed by atoms with van der Waals surface area (Å²) in [6.07, 6.45) is 3.60. The predicted molar refractivity (Wildman–Crippen MR) is 80.2 cm³/mol. The fraction of sp³-hybridized carbons (Fsp3) is 0.929. The van der Waals surface area contributed by atoms with Crippen LogP contribution >= 0.6 is 0 Å². The SMILES string of the molecule is CC.CC.CCC(CCCNCCC(=O)O)NC. The molecule has 0 aromatic rings. The van der Waals surface area contributed by atoms with E-state index in [-0.39, 0.29) is 6.42 Å². The lowest BCUT2D eigenvalue weighted by Crippen LogP contribution is -2.26. The Bertz CT molecular complexity index is 149. The zero-order valence-corrected chi connectivity index (χ0v) is 13.2. The van der Waals surface area contributed by atoms with Gasteiger partial charge in [-0.2, -0.15) is 0 Å². The van der Waals surface area contributed by atoms with E-state index in [1.807, 2.05) is 34.7 Å². The number of carboxylic acids is 1. The first kappa shape index (κ1) is 22.6. The van der Waals surface area contributed by atoms with Crippen molar-refractivity contribution in [2.75, 3.05) is 20.1 Å². The van der Waals surface area contributed by atoms with Gasteiger partial charge in [-0.25, -0.2) is 0 Å². The van der Waals surface area contributed by atoms with E-state index in [1.165, 1.54) is 0 Å². The molecule has 0 aliphatic carbocycles. The minimum absolute atomic E-state index is 0.212. The fourth-order valence-electron chi connectivity index (χ4n) is 1.35. The van der Waals surface area contributed by atoms with Crippen molar-refractivity contribution < 1.29 is 9.90 Å². The Morgan fingerprint density at radius 3 is 2.11 bits per heavy atom. The molecule has 112 valence electrons. The monoisotopic (exact) mass is 262 g/mol. The number of aliphatic carboxylic acids is 1. The lowest BCUT2D eigenvalue weighted by Gasteiger charge is -2.13. The average molecular weight is 262 g/mol. The highest BCUT2D eigenvalue weighted by molar-refractivity contribution is 5.66. The number of rotatable bonds is 9. The lowest BCUT2D eigenvalue weighted by molar-refractivity contribution is -0.136. The van der Waals surface area contributed by atoms with E-state index >= 15 is 0 Å². The number of carbonyl (C=O) groups is 1. The molecule has 0 aromatic heterocycles. The summed E-state index contributed by atoms with van der Waals surface area (Å²) in [6.45, 7) is 11.6. The molecular weight excluding hydrogens is 228 g/mol. The average Bonchev–Trinajstić information content (AvgIpc) is 2.42. The fourth-order valence-corrected chi connectivity index (χ4v) is 1.35. The highest BCUT2D eigenvalue weighted by Crippen LogP contribution is 1.99. The van der Waals surface area contributed by atoms with E-state index < -0.39 is 5.97 Å². The summed E-state index contributed by atoms with van der Waals surface area (Å²) in [5.74, 6) is -0.737. The molecule has 0 aliphatic rings. The number of hydrogen-bond acceptors (Lipinski definition) is 3. The zero-order valence-electron chi connectivity index (χ0n) is 13.2. The van der Waals surface area contributed by atoms with Crippen LogP contribution in [0, 0.1) is 0 Å². The molecule has 0 aromatic carbocycles. The summed E-state index contributed by atoms with van der Waals surface area (Å²) in [6, 6.07) is 0.594. The molecule has 18 heavy (non-hydrogen) atoms. The van der Waals surface area contributed by atoms with Gasteiger partial charge in [0.1, 0.15) is 0 Å². The lowest BCUT2D eigenvalue weighted by atomic mass is 10.1. The minimum Gasteiger partial charge on any atom is -0.481 e. The third-order valence-electron chi connectivity index (χ3n) is 2.32. The number of carboxylic acid groups (broad SMARTS) is 1. The van der Waals surface area contributed by atoms with Crippen molar-refractivity contribution in [3.05, 3.63) is 0 Å². The molecule has 4 heteroatoms.